The number of carbonyl (C=O) groups is 3. The van der Waals surface area contributed by atoms with Gasteiger partial charge in [-0.1, -0.05) is 30.3 Å². The van der Waals surface area contributed by atoms with Gasteiger partial charge in [-0.2, -0.15) is 0 Å². The number of nitrogens with one attached hydrogen (secondary N) is 3. The van der Waals surface area contributed by atoms with Crippen molar-refractivity contribution in [1.82, 2.24) is 20.0 Å². The van der Waals surface area contributed by atoms with Crippen LogP contribution < -0.4 is 21.5 Å². The zero-order valence-corrected chi connectivity index (χ0v) is 18.0. The van der Waals surface area contributed by atoms with Crippen molar-refractivity contribution >= 4 is 28.9 Å². The molecule has 0 aliphatic carbocycles. The maximum absolute atomic E-state index is 12.8. The molecular weight excluding hydrogens is 438 g/mol. The summed E-state index contributed by atoms with van der Waals surface area (Å²) >= 11 is 0. The lowest BCUT2D eigenvalue weighted by Gasteiger charge is -2.10. The molecule has 10 nitrogen and oxygen atoms in total. The Hall–Kier alpha value is -4.73. The first-order valence-electron chi connectivity index (χ1n) is 10.4. The smallest absolute Gasteiger partial charge is 0.281 e. The summed E-state index contributed by atoms with van der Waals surface area (Å²) in [5.74, 6) is -0.502. The van der Waals surface area contributed by atoms with Crippen LogP contribution in [0.5, 0.6) is 0 Å². The second kappa shape index (κ2) is 10.3. The van der Waals surface area contributed by atoms with Crippen molar-refractivity contribution in [2.45, 2.75) is 6.54 Å². The number of amides is 2. The Morgan fingerprint density at radius 3 is 2.53 bits per heavy atom. The molecule has 2 amide bonds. The Balaban J connectivity index is 1.39. The molecule has 0 spiro atoms. The molecule has 0 aliphatic rings. The number of hydrogen-bond donors (Lipinski definition) is 3. The molecule has 34 heavy (non-hydrogen) atoms. The lowest BCUT2D eigenvalue weighted by molar-refractivity contribution is -0.119. The van der Waals surface area contributed by atoms with E-state index in [1.807, 2.05) is 0 Å². The Morgan fingerprint density at radius 1 is 0.941 bits per heavy atom. The second-order valence-corrected chi connectivity index (χ2v) is 7.27. The third-order valence-corrected chi connectivity index (χ3v) is 4.96. The maximum Gasteiger partial charge on any atom is 0.281 e. The molecule has 0 bridgehead atoms. The highest BCUT2D eigenvalue weighted by Crippen LogP contribution is 2.09. The molecule has 4 rings (SSSR count). The van der Waals surface area contributed by atoms with Gasteiger partial charge in [-0.3, -0.25) is 23.6 Å². The van der Waals surface area contributed by atoms with Gasteiger partial charge in [0.2, 0.25) is 5.91 Å². The summed E-state index contributed by atoms with van der Waals surface area (Å²) in [7, 11) is 0. The van der Waals surface area contributed by atoms with Crippen LogP contribution in [0.4, 0.5) is 5.69 Å². The molecule has 0 radical (unpaired) electrons. The fourth-order valence-electron chi connectivity index (χ4n) is 3.22. The van der Waals surface area contributed by atoms with Crippen LogP contribution in [-0.2, 0) is 11.3 Å². The molecule has 3 N–H and O–H groups in total. The lowest BCUT2D eigenvalue weighted by Crippen LogP contribution is -2.35. The number of ketones is 1. The van der Waals surface area contributed by atoms with E-state index in [0.717, 1.165) is 0 Å². The van der Waals surface area contributed by atoms with E-state index in [2.05, 4.69) is 20.9 Å². The van der Waals surface area contributed by atoms with Crippen LogP contribution in [0, 0.1) is 0 Å². The first-order valence-corrected chi connectivity index (χ1v) is 10.4. The summed E-state index contributed by atoms with van der Waals surface area (Å²) in [6.07, 6.45) is 4.26. The normalized spacial score (nSPS) is 10.6. The van der Waals surface area contributed by atoms with E-state index in [1.54, 1.807) is 54.6 Å². The van der Waals surface area contributed by atoms with E-state index in [-0.39, 0.29) is 42.3 Å². The van der Waals surface area contributed by atoms with Gasteiger partial charge in [0.1, 0.15) is 11.4 Å². The van der Waals surface area contributed by atoms with E-state index in [4.69, 9.17) is 4.42 Å². The van der Waals surface area contributed by atoms with Gasteiger partial charge >= 0.3 is 0 Å². The number of nitrogens with zero attached hydrogens (tertiary/aromatic N) is 2. The molecular formula is C24H21N5O5. The van der Waals surface area contributed by atoms with Crippen LogP contribution in [0.15, 0.2) is 82.5 Å². The summed E-state index contributed by atoms with van der Waals surface area (Å²) in [4.78, 5) is 53.9. The Kier molecular flexibility index (Phi) is 6.78. The van der Waals surface area contributed by atoms with Gasteiger partial charge in [-0.05, 0) is 24.3 Å². The predicted octanol–water partition coefficient (Wildman–Crippen LogP) is 1.63. The number of Topliss-reactive ketones (excluding diaryl/α,β-unsaturated/α-hetero) is 1. The highest BCUT2D eigenvalue weighted by Gasteiger charge is 2.15. The van der Waals surface area contributed by atoms with Gasteiger partial charge in [0.25, 0.3) is 11.5 Å². The number of carbonyl (C=O) groups excluding carboxylic acids is 3. The average molecular weight is 459 g/mol. The molecule has 0 atom stereocenters. The van der Waals surface area contributed by atoms with E-state index in [0.29, 0.717) is 11.3 Å². The van der Waals surface area contributed by atoms with Crippen molar-refractivity contribution in [3.05, 3.63) is 100 Å². The highest BCUT2D eigenvalue weighted by molar-refractivity contribution is 6.00. The number of furan rings is 1. The van der Waals surface area contributed by atoms with Gasteiger partial charge in [0, 0.05) is 11.8 Å². The van der Waals surface area contributed by atoms with Gasteiger partial charge in [0.05, 0.1) is 37.7 Å². The number of fused-ring (bicyclic) bond motifs is 1. The number of aromatic nitrogens is 2. The number of rotatable bonds is 9. The Bertz CT molecular complexity index is 1380. The first-order chi connectivity index (χ1) is 16.5. The fourth-order valence-corrected chi connectivity index (χ4v) is 3.22. The van der Waals surface area contributed by atoms with Crippen LogP contribution in [-0.4, -0.2) is 40.1 Å². The molecule has 0 saturated heterocycles. The van der Waals surface area contributed by atoms with E-state index >= 15 is 0 Å². The maximum atomic E-state index is 12.8. The molecule has 0 unspecified atom stereocenters. The minimum absolute atomic E-state index is 0.0789. The van der Waals surface area contributed by atoms with Gasteiger partial charge < -0.3 is 20.4 Å². The van der Waals surface area contributed by atoms with E-state index in [1.165, 1.54) is 23.1 Å². The molecule has 0 saturated carbocycles. The third kappa shape index (κ3) is 5.18. The van der Waals surface area contributed by atoms with Gasteiger partial charge in [-0.25, -0.2) is 4.98 Å². The van der Waals surface area contributed by atoms with Crippen LogP contribution in [0.1, 0.15) is 26.5 Å². The quantitative estimate of drug-likeness (QED) is 0.324. The number of hydrogen-bond acceptors (Lipinski definition) is 7. The standard InChI is InChI=1S/C24H21N5O5/c30-20(16-6-2-1-3-7-16)14-26-21(31)15-25-19-13-27-22-18(9-4-10-29(22)24(19)33)23(32)28-12-17-8-5-11-34-17/h1-11,13,25H,12,14-15H2,(H,26,31)(H,28,32). The van der Waals surface area contributed by atoms with E-state index in [9.17, 15) is 19.2 Å². The summed E-state index contributed by atoms with van der Waals surface area (Å²) in [5, 5.41) is 7.96. The fraction of sp³-hybridized carbons (Fsp3) is 0.125. The first kappa shape index (κ1) is 22.5. The topological polar surface area (TPSA) is 135 Å². The van der Waals surface area contributed by atoms with Crippen LogP contribution >= 0.6 is 0 Å². The molecule has 4 aromatic rings. The summed E-state index contributed by atoms with van der Waals surface area (Å²) in [6.45, 7) is -0.191. The zero-order valence-electron chi connectivity index (χ0n) is 18.0. The molecule has 3 heterocycles. The average Bonchev–Trinajstić information content (AvgIpc) is 3.39. The Morgan fingerprint density at radius 2 is 1.76 bits per heavy atom. The van der Waals surface area contributed by atoms with Gasteiger partial charge in [0.15, 0.2) is 11.4 Å². The minimum atomic E-state index is -0.473. The van der Waals surface area contributed by atoms with Crippen LogP contribution in [0.3, 0.4) is 0 Å². The Labute approximate surface area is 193 Å². The number of pyridine rings is 1. The van der Waals surface area contributed by atoms with Crippen molar-refractivity contribution in [2.24, 2.45) is 0 Å². The monoisotopic (exact) mass is 459 g/mol. The molecule has 1 aromatic carbocycles. The highest BCUT2D eigenvalue weighted by atomic mass is 16.3. The molecule has 172 valence electrons. The van der Waals surface area contributed by atoms with Crippen LogP contribution in [0.2, 0.25) is 0 Å². The molecule has 0 fully saturated rings. The van der Waals surface area contributed by atoms with Crippen molar-refractivity contribution in [3.63, 3.8) is 0 Å². The van der Waals surface area contributed by atoms with Crippen molar-refractivity contribution in [2.75, 3.05) is 18.4 Å². The largest absolute Gasteiger partial charge is 0.467 e. The van der Waals surface area contributed by atoms with E-state index < -0.39 is 17.4 Å². The van der Waals surface area contributed by atoms with Crippen LogP contribution in [0.25, 0.3) is 5.65 Å². The van der Waals surface area contributed by atoms with Crippen molar-refractivity contribution in [3.8, 4) is 0 Å². The lowest BCUT2D eigenvalue weighted by atomic mass is 10.1. The molecule has 0 aliphatic heterocycles. The number of benzene rings is 1. The van der Waals surface area contributed by atoms with Gasteiger partial charge in [-0.15, -0.1) is 0 Å². The second-order valence-electron chi connectivity index (χ2n) is 7.27. The summed E-state index contributed by atoms with van der Waals surface area (Å²) in [5.41, 5.74) is 0.494. The third-order valence-electron chi connectivity index (χ3n) is 4.96. The number of anilines is 1. The summed E-state index contributed by atoms with van der Waals surface area (Å²) in [6, 6.07) is 15.2. The molecule has 10 heteroatoms. The molecule has 3 aromatic heterocycles. The van der Waals surface area contributed by atoms with Crippen molar-refractivity contribution < 1.29 is 18.8 Å². The summed E-state index contributed by atoms with van der Waals surface area (Å²) < 4.78 is 6.42. The predicted molar refractivity (Wildman–Crippen MR) is 124 cm³/mol. The zero-order chi connectivity index (χ0) is 23.9. The van der Waals surface area contributed by atoms with Crippen molar-refractivity contribution in [1.29, 1.82) is 0 Å². The SMILES string of the molecule is O=C(CNc1cnc2c(C(=O)NCc3ccco3)cccn2c1=O)NCC(=O)c1ccccc1. The minimum Gasteiger partial charge on any atom is -0.467 e.